The van der Waals surface area contributed by atoms with Crippen LogP contribution in [-0.2, 0) is 9.47 Å². The van der Waals surface area contributed by atoms with Gasteiger partial charge in [-0.1, -0.05) is 0 Å². The van der Waals surface area contributed by atoms with E-state index in [1.165, 1.54) is 0 Å². The number of alkyl halides is 2. The first-order valence-corrected chi connectivity index (χ1v) is 5.29. The molecule has 1 heterocycles. The third kappa shape index (κ3) is 5.39. The molecule has 1 fully saturated rings. The third-order valence-corrected chi connectivity index (χ3v) is 2.55. The second-order valence-electron chi connectivity index (χ2n) is 3.87. The van der Waals surface area contributed by atoms with Gasteiger partial charge in [-0.25, -0.2) is 8.78 Å². The Bertz CT molecular complexity index is 170. The molecule has 1 unspecified atom stereocenters. The molecule has 0 aromatic rings. The molecule has 5 heteroatoms. The fraction of sp³-hybridized carbons (Fsp3) is 1.00. The summed E-state index contributed by atoms with van der Waals surface area (Å²) in [5.74, 6) is 0.403. The number of likely N-dealkylation sites (tertiary alicyclic amines) is 1. The van der Waals surface area contributed by atoms with Gasteiger partial charge in [0.25, 0.3) is 6.43 Å². The van der Waals surface area contributed by atoms with Gasteiger partial charge in [-0.2, -0.15) is 0 Å². The Morgan fingerprint density at radius 3 is 2.87 bits per heavy atom. The highest BCUT2D eigenvalue weighted by atomic mass is 19.3. The van der Waals surface area contributed by atoms with E-state index < -0.39 is 6.43 Å². The van der Waals surface area contributed by atoms with Gasteiger partial charge in [-0.3, -0.25) is 4.90 Å². The van der Waals surface area contributed by atoms with Crippen molar-refractivity contribution >= 4 is 0 Å². The van der Waals surface area contributed by atoms with Crippen molar-refractivity contribution < 1.29 is 18.3 Å². The number of hydrogen-bond acceptors (Lipinski definition) is 3. The molecule has 15 heavy (non-hydrogen) atoms. The molecule has 0 spiro atoms. The summed E-state index contributed by atoms with van der Waals surface area (Å²) in [6.45, 7) is 3.23. The molecular formula is C10H19F2NO2. The molecule has 0 amide bonds. The van der Waals surface area contributed by atoms with Crippen LogP contribution < -0.4 is 0 Å². The minimum atomic E-state index is -2.22. The molecule has 3 nitrogen and oxygen atoms in total. The van der Waals surface area contributed by atoms with Crippen molar-refractivity contribution in [2.24, 2.45) is 5.92 Å². The first kappa shape index (κ1) is 12.8. The molecule has 0 saturated carbocycles. The number of hydrogen-bond donors (Lipinski definition) is 0. The first-order valence-electron chi connectivity index (χ1n) is 5.29. The van der Waals surface area contributed by atoms with Crippen molar-refractivity contribution in [3.05, 3.63) is 0 Å². The van der Waals surface area contributed by atoms with Crippen molar-refractivity contribution in [1.82, 2.24) is 4.90 Å². The van der Waals surface area contributed by atoms with E-state index in [-0.39, 0.29) is 6.54 Å². The smallest absolute Gasteiger partial charge is 0.251 e. The molecule has 1 aliphatic heterocycles. The molecule has 0 radical (unpaired) electrons. The van der Waals surface area contributed by atoms with E-state index in [0.717, 1.165) is 19.5 Å². The van der Waals surface area contributed by atoms with Crippen LogP contribution in [-0.4, -0.2) is 57.9 Å². The lowest BCUT2D eigenvalue weighted by atomic mass is 10.1. The fourth-order valence-corrected chi connectivity index (χ4v) is 1.80. The van der Waals surface area contributed by atoms with E-state index in [9.17, 15) is 8.78 Å². The Balaban J connectivity index is 2.03. The summed E-state index contributed by atoms with van der Waals surface area (Å²) < 4.78 is 34.4. The maximum atomic E-state index is 12.1. The highest BCUT2D eigenvalue weighted by molar-refractivity contribution is 4.75. The molecule has 1 aliphatic rings. The predicted molar refractivity (Wildman–Crippen MR) is 53.2 cm³/mol. The summed E-state index contributed by atoms with van der Waals surface area (Å²) in [5.41, 5.74) is 0. The summed E-state index contributed by atoms with van der Waals surface area (Å²) in [7, 11) is 1.63. The van der Waals surface area contributed by atoms with Gasteiger partial charge in [0, 0.05) is 13.7 Å². The molecular weight excluding hydrogens is 204 g/mol. The summed E-state index contributed by atoms with van der Waals surface area (Å²) >= 11 is 0. The molecule has 1 atom stereocenters. The highest BCUT2D eigenvalue weighted by Crippen LogP contribution is 2.17. The molecule has 0 aliphatic carbocycles. The highest BCUT2D eigenvalue weighted by Gasteiger charge is 2.24. The largest absolute Gasteiger partial charge is 0.382 e. The minimum absolute atomic E-state index is 0.103. The van der Waals surface area contributed by atoms with Gasteiger partial charge in [-0.05, 0) is 18.9 Å². The SMILES string of the molecule is COCCOCC1CCN(CC(F)F)C1. The second kappa shape index (κ2) is 7.09. The minimum Gasteiger partial charge on any atom is -0.382 e. The summed E-state index contributed by atoms with van der Waals surface area (Å²) in [6, 6.07) is 0. The van der Waals surface area contributed by atoms with Gasteiger partial charge in [0.15, 0.2) is 0 Å². The predicted octanol–water partition coefficient (Wildman–Crippen LogP) is 1.24. The Labute approximate surface area is 89.3 Å². The molecule has 0 aromatic heterocycles. The average Bonchev–Trinajstić information content (AvgIpc) is 2.59. The molecule has 1 saturated heterocycles. The van der Waals surface area contributed by atoms with Gasteiger partial charge in [0.1, 0.15) is 0 Å². The van der Waals surface area contributed by atoms with Gasteiger partial charge < -0.3 is 9.47 Å². The van der Waals surface area contributed by atoms with Gasteiger partial charge in [-0.15, -0.1) is 0 Å². The van der Waals surface area contributed by atoms with Crippen LogP contribution in [0.3, 0.4) is 0 Å². The lowest BCUT2D eigenvalue weighted by Gasteiger charge is -2.15. The molecule has 0 bridgehead atoms. The Morgan fingerprint density at radius 1 is 1.40 bits per heavy atom. The monoisotopic (exact) mass is 223 g/mol. The van der Waals surface area contributed by atoms with Crippen LogP contribution >= 0.6 is 0 Å². The lowest BCUT2D eigenvalue weighted by Crippen LogP contribution is -2.27. The van der Waals surface area contributed by atoms with Crippen molar-refractivity contribution in [3.8, 4) is 0 Å². The van der Waals surface area contributed by atoms with Gasteiger partial charge >= 0.3 is 0 Å². The summed E-state index contributed by atoms with van der Waals surface area (Å²) in [4.78, 5) is 1.80. The Hall–Kier alpha value is -0.260. The molecule has 1 rings (SSSR count). The maximum absolute atomic E-state index is 12.1. The molecule has 90 valence electrons. The van der Waals surface area contributed by atoms with E-state index in [1.54, 1.807) is 12.0 Å². The number of nitrogens with zero attached hydrogens (tertiary/aromatic N) is 1. The van der Waals surface area contributed by atoms with Crippen LogP contribution in [0.25, 0.3) is 0 Å². The van der Waals surface area contributed by atoms with E-state index >= 15 is 0 Å². The van der Waals surface area contributed by atoms with Gasteiger partial charge in [0.2, 0.25) is 0 Å². The third-order valence-electron chi connectivity index (χ3n) is 2.55. The van der Waals surface area contributed by atoms with Crippen molar-refractivity contribution in [2.75, 3.05) is 46.6 Å². The van der Waals surface area contributed by atoms with Crippen LogP contribution in [0.15, 0.2) is 0 Å². The van der Waals surface area contributed by atoms with Crippen LogP contribution in [0, 0.1) is 5.92 Å². The number of rotatable bonds is 7. The standard InChI is InChI=1S/C10H19F2NO2/c1-14-4-5-15-8-9-2-3-13(6-9)7-10(11)12/h9-10H,2-8H2,1H3. The fourth-order valence-electron chi connectivity index (χ4n) is 1.80. The number of ether oxygens (including phenoxy) is 2. The first-order chi connectivity index (χ1) is 7.22. The number of halogens is 2. The number of methoxy groups -OCH3 is 1. The molecule has 0 aromatic carbocycles. The van der Waals surface area contributed by atoms with Crippen LogP contribution in [0.2, 0.25) is 0 Å². The second-order valence-corrected chi connectivity index (χ2v) is 3.87. The van der Waals surface area contributed by atoms with E-state index in [0.29, 0.717) is 25.7 Å². The van der Waals surface area contributed by atoms with Crippen LogP contribution in [0.4, 0.5) is 8.78 Å². The van der Waals surface area contributed by atoms with Gasteiger partial charge in [0.05, 0.1) is 26.4 Å². The maximum Gasteiger partial charge on any atom is 0.251 e. The van der Waals surface area contributed by atoms with Crippen LogP contribution in [0.1, 0.15) is 6.42 Å². The summed E-state index contributed by atoms with van der Waals surface area (Å²) in [5, 5.41) is 0. The Kier molecular flexibility index (Phi) is 6.05. The van der Waals surface area contributed by atoms with E-state index in [2.05, 4.69) is 0 Å². The zero-order valence-electron chi connectivity index (χ0n) is 9.12. The van der Waals surface area contributed by atoms with Crippen LogP contribution in [0.5, 0.6) is 0 Å². The summed E-state index contributed by atoms with van der Waals surface area (Å²) in [6.07, 6.45) is -1.27. The Morgan fingerprint density at radius 2 is 2.20 bits per heavy atom. The van der Waals surface area contributed by atoms with Crippen molar-refractivity contribution in [2.45, 2.75) is 12.8 Å². The molecule has 0 N–H and O–H groups in total. The van der Waals surface area contributed by atoms with Crippen molar-refractivity contribution in [1.29, 1.82) is 0 Å². The lowest BCUT2D eigenvalue weighted by molar-refractivity contribution is 0.0499. The topological polar surface area (TPSA) is 21.7 Å². The average molecular weight is 223 g/mol. The zero-order valence-corrected chi connectivity index (χ0v) is 9.12. The zero-order chi connectivity index (χ0) is 11.1. The van der Waals surface area contributed by atoms with E-state index in [4.69, 9.17) is 9.47 Å². The van der Waals surface area contributed by atoms with E-state index in [1.807, 2.05) is 0 Å². The normalized spacial score (nSPS) is 22.8. The van der Waals surface area contributed by atoms with Crippen molar-refractivity contribution in [3.63, 3.8) is 0 Å². The quantitative estimate of drug-likeness (QED) is 0.606.